The van der Waals surface area contributed by atoms with Gasteiger partial charge in [0.1, 0.15) is 0 Å². The summed E-state index contributed by atoms with van der Waals surface area (Å²) in [6.45, 7) is 9.86. The van der Waals surface area contributed by atoms with E-state index in [0.717, 1.165) is 49.9 Å². The number of amides is 1. The first-order valence-electron chi connectivity index (χ1n) is 9.22. The van der Waals surface area contributed by atoms with Crippen molar-refractivity contribution < 1.29 is 4.79 Å². The fourth-order valence-corrected chi connectivity index (χ4v) is 3.84. The van der Waals surface area contributed by atoms with Crippen LogP contribution in [0.4, 0.5) is 0 Å². The van der Waals surface area contributed by atoms with Crippen LogP contribution in [0.1, 0.15) is 55.5 Å². The molecule has 2 heterocycles. The highest BCUT2D eigenvalue weighted by molar-refractivity contribution is 5.94. The summed E-state index contributed by atoms with van der Waals surface area (Å²) >= 11 is 0. The van der Waals surface area contributed by atoms with Crippen molar-refractivity contribution in [2.24, 2.45) is 11.8 Å². The van der Waals surface area contributed by atoms with Gasteiger partial charge < -0.3 is 4.90 Å². The summed E-state index contributed by atoms with van der Waals surface area (Å²) in [5.41, 5.74) is 2.17. The van der Waals surface area contributed by atoms with Gasteiger partial charge in [-0.2, -0.15) is 0 Å². The third kappa shape index (κ3) is 4.35. The molecule has 3 rings (SSSR count). The Bertz CT molecular complexity index is 517. The van der Waals surface area contributed by atoms with E-state index in [1.165, 1.54) is 31.5 Å². The van der Waals surface area contributed by atoms with E-state index in [1.807, 2.05) is 17.0 Å². The molecule has 1 aromatic carbocycles. The maximum Gasteiger partial charge on any atom is 0.253 e. The average Bonchev–Trinajstić information content (AvgIpc) is 2.56. The summed E-state index contributed by atoms with van der Waals surface area (Å²) in [5.74, 6) is 1.77. The van der Waals surface area contributed by atoms with Gasteiger partial charge >= 0.3 is 0 Å². The molecule has 0 radical (unpaired) electrons. The van der Waals surface area contributed by atoms with Gasteiger partial charge in [0.25, 0.3) is 5.91 Å². The third-order valence-corrected chi connectivity index (χ3v) is 5.42. The summed E-state index contributed by atoms with van der Waals surface area (Å²) in [6.07, 6.45) is 4.94. The van der Waals surface area contributed by atoms with E-state index in [2.05, 4.69) is 30.9 Å². The van der Waals surface area contributed by atoms with Gasteiger partial charge in [-0.1, -0.05) is 26.0 Å². The van der Waals surface area contributed by atoms with Gasteiger partial charge in [0, 0.05) is 31.7 Å². The van der Waals surface area contributed by atoms with Crippen LogP contribution >= 0.6 is 0 Å². The predicted molar refractivity (Wildman–Crippen MR) is 94.4 cm³/mol. The lowest BCUT2D eigenvalue weighted by Gasteiger charge is -2.31. The molecule has 0 N–H and O–H groups in total. The zero-order valence-corrected chi connectivity index (χ0v) is 14.6. The summed E-state index contributed by atoms with van der Waals surface area (Å²) in [4.78, 5) is 17.1. The van der Waals surface area contributed by atoms with Crippen molar-refractivity contribution in [3.63, 3.8) is 0 Å². The minimum absolute atomic E-state index is 0.204. The molecular weight excluding hydrogens is 284 g/mol. The number of nitrogens with zero attached hydrogens (tertiary/aromatic N) is 2. The Morgan fingerprint density at radius 3 is 2.35 bits per heavy atom. The number of piperidine rings is 2. The van der Waals surface area contributed by atoms with Gasteiger partial charge in [0.2, 0.25) is 0 Å². The van der Waals surface area contributed by atoms with Crippen LogP contribution in [0.2, 0.25) is 0 Å². The number of carbonyl (C=O) groups excluding carboxylic acids is 1. The average molecular weight is 314 g/mol. The summed E-state index contributed by atoms with van der Waals surface area (Å²) < 4.78 is 0. The number of benzene rings is 1. The highest BCUT2D eigenvalue weighted by Crippen LogP contribution is 2.20. The second-order valence-corrected chi connectivity index (χ2v) is 7.65. The van der Waals surface area contributed by atoms with E-state index in [9.17, 15) is 4.79 Å². The van der Waals surface area contributed by atoms with Crippen LogP contribution < -0.4 is 0 Å². The normalized spacial score (nSPS) is 23.9. The van der Waals surface area contributed by atoms with E-state index >= 15 is 0 Å². The van der Waals surface area contributed by atoms with Crippen molar-refractivity contribution in [3.8, 4) is 0 Å². The molecule has 3 heteroatoms. The first-order valence-corrected chi connectivity index (χ1v) is 9.22. The van der Waals surface area contributed by atoms with Crippen LogP contribution in [0, 0.1) is 11.8 Å². The topological polar surface area (TPSA) is 23.6 Å². The fourth-order valence-electron chi connectivity index (χ4n) is 3.84. The second-order valence-electron chi connectivity index (χ2n) is 7.65. The molecule has 1 aromatic rings. The SMILES string of the molecule is CC1CCN(C(=O)c2ccc(CN3CCC[C@@H](C)C3)cc2)CC1. The van der Waals surface area contributed by atoms with Crippen molar-refractivity contribution in [1.82, 2.24) is 9.80 Å². The molecule has 0 aliphatic carbocycles. The molecule has 2 saturated heterocycles. The Balaban J connectivity index is 1.57. The van der Waals surface area contributed by atoms with Crippen LogP contribution in [0.15, 0.2) is 24.3 Å². The molecule has 0 saturated carbocycles. The van der Waals surface area contributed by atoms with Crippen LogP contribution in [0.25, 0.3) is 0 Å². The van der Waals surface area contributed by atoms with Crippen LogP contribution in [0.3, 0.4) is 0 Å². The van der Waals surface area contributed by atoms with Gasteiger partial charge in [-0.3, -0.25) is 9.69 Å². The third-order valence-electron chi connectivity index (χ3n) is 5.42. The van der Waals surface area contributed by atoms with E-state index in [4.69, 9.17) is 0 Å². The Labute approximate surface area is 140 Å². The first kappa shape index (κ1) is 16.5. The molecule has 126 valence electrons. The minimum Gasteiger partial charge on any atom is -0.339 e. The van der Waals surface area contributed by atoms with Crippen LogP contribution in [0.5, 0.6) is 0 Å². The highest BCUT2D eigenvalue weighted by atomic mass is 16.2. The van der Waals surface area contributed by atoms with Crippen LogP contribution in [-0.4, -0.2) is 41.9 Å². The molecular formula is C20H30N2O. The predicted octanol–water partition coefficient (Wildman–Crippen LogP) is 3.79. The molecule has 0 bridgehead atoms. The van der Waals surface area contributed by atoms with Gasteiger partial charge in [0.15, 0.2) is 0 Å². The second kappa shape index (κ2) is 7.48. The quantitative estimate of drug-likeness (QED) is 0.847. The van der Waals surface area contributed by atoms with Gasteiger partial charge in [-0.25, -0.2) is 0 Å². The van der Waals surface area contributed by atoms with Crippen molar-refractivity contribution in [1.29, 1.82) is 0 Å². The Morgan fingerprint density at radius 1 is 1.00 bits per heavy atom. The molecule has 3 nitrogen and oxygen atoms in total. The lowest BCUT2D eigenvalue weighted by Crippen LogP contribution is -2.37. The van der Waals surface area contributed by atoms with E-state index < -0.39 is 0 Å². The highest BCUT2D eigenvalue weighted by Gasteiger charge is 2.21. The molecule has 1 amide bonds. The van der Waals surface area contributed by atoms with Crippen molar-refractivity contribution >= 4 is 5.91 Å². The van der Waals surface area contributed by atoms with Gasteiger partial charge in [-0.05, 0) is 61.8 Å². The van der Waals surface area contributed by atoms with Crippen LogP contribution in [-0.2, 0) is 6.54 Å². The first-order chi connectivity index (χ1) is 11.1. The van der Waals surface area contributed by atoms with Crippen molar-refractivity contribution in [3.05, 3.63) is 35.4 Å². The number of likely N-dealkylation sites (tertiary alicyclic amines) is 2. The molecule has 2 aliphatic heterocycles. The summed E-state index contributed by atoms with van der Waals surface area (Å²) in [5, 5.41) is 0. The monoisotopic (exact) mass is 314 g/mol. The molecule has 2 fully saturated rings. The van der Waals surface area contributed by atoms with Gasteiger partial charge in [-0.15, -0.1) is 0 Å². The molecule has 1 atom stereocenters. The molecule has 0 unspecified atom stereocenters. The zero-order valence-electron chi connectivity index (χ0n) is 14.6. The largest absolute Gasteiger partial charge is 0.339 e. The Morgan fingerprint density at radius 2 is 1.70 bits per heavy atom. The standard InChI is InChI=1S/C20H30N2O/c1-16-9-12-22(13-10-16)20(23)19-7-5-18(6-8-19)15-21-11-3-4-17(2)14-21/h5-8,16-17H,3-4,9-15H2,1-2H3/t17-/m1/s1. The maximum absolute atomic E-state index is 12.6. The summed E-state index contributed by atoms with van der Waals surface area (Å²) in [7, 11) is 0. The lowest BCUT2D eigenvalue weighted by molar-refractivity contribution is 0.0697. The Kier molecular flexibility index (Phi) is 5.37. The lowest BCUT2D eigenvalue weighted by atomic mass is 9.98. The minimum atomic E-state index is 0.204. The smallest absolute Gasteiger partial charge is 0.253 e. The summed E-state index contributed by atoms with van der Waals surface area (Å²) in [6, 6.07) is 8.31. The molecule has 23 heavy (non-hydrogen) atoms. The maximum atomic E-state index is 12.6. The zero-order chi connectivity index (χ0) is 16.2. The molecule has 0 aromatic heterocycles. The molecule has 0 spiro atoms. The fraction of sp³-hybridized carbons (Fsp3) is 0.650. The van der Waals surface area contributed by atoms with E-state index in [-0.39, 0.29) is 5.91 Å². The van der Waals surface area contributed by atoms with E-state index in [0.29, 0.717) is 0 Å². The number of hydrogen-bond donors (Lipinski definition) is 0. The van der Waals surface area contributed by atoms with Crippen molar-refractivity contribution in [2.45, 2.75) is 46.1 Å². The number of rotatable bonds is 3. The number of carbonyl (C=O) groups is 1. The van der Waals surface area contributed by atoms with Gasteiger partial charge in [0.05, 0.1) is 0 Å². The van der Waals surface area contributed by atoms with Crippen molar-refractivity contribution in [2.75, 3.05) is 26.2 Å². The molecule has 2 aliphatic rings. The Hall–Kier alpha value is -1.35. The number of hydrogen-bond acceptors (Lipinski definition) is 2. The van der Waals surface area contributed by atoms with E-state index in [1.54, 1.807) is 0 Å².